The van der Waals surface area contributed by atoms with Crippen LogP contribution >= 0.6 is 0 Å². The Morgan fingerprint density at radius 3 is 2.82 bits per heavy atom. The lowest BCUT2D eigenvalue weighted by Crippen LogP contribution is -2.34. The van der Waals surface area contributed by atoms with Crippen molar-refractivity contribution in [3.05, 3.63) is 23.4 Å². The van der Waals surface area contributed by atoms with Crippen molar-refractivity contribution in [3.8, 4) is 0 Å². The molecule has 1 unspecified atom stereocenters. The number of nitrogen functional groups attached to an aromatic ring is 1. The van der Waals surface area contributed by atoms with Crippen LogP contribution in [0.15, 0.2) is 12.1 Å². The molecule has 1 aromatic heterocycles. The third-order valence-electron chi connectivity index (χ3n) is 3.05. The van der Waals surface area contributed by atoms with Crippen LogP contribution in [-0.4, -0.2) is 16.9 Å². The Kier molecular flexibility index (Phi) is 3.28. The minimum absolute atomic E-state index is 0.0635. The number of aryl methyl sites for hydroxylation is 1. The molecule has 2 rings (SSSR count). The van der Waals surface area contributed by atoms with Crippen LogP contribution in [0.4, 0.5) is 5.82 Å². The minimum atomic E-state index is -0.0635. The summed E-state index contributed by atoms with van der Waals surface area (Å²) < 4.78 is 0. The van der Waals surface area contributed by atoms with Crippen LogP contribution in [-0.2, 0) is 0 Å². The van der Waals surface area contributed by atoms with Gasteiger partial charge in [0.1, 0.15) is 5.82 Å². The number of anilines is 1. The quantitative estimate of drug-likeness (QED) is 0.540. The number of hydrogen-bond acceptors (Lipinski definition) is 4. The fourth-order valence-electron chi connectivity index (χ4n) is 1.88. The number of hydrogen-bond donors (Lipinski definition) is 3. The summed E-state index contributed by atoms with van der Waals surface area (Å²) in [5.41, 5.74) is 3.82. The minimum Gasteiger partial charge on any atom is -0.349 e. The first-order valence-electron chi connectivity index (χ1n) is 5.86. The molecule has 1 aliphatic rings. The molecule has 17 heavy (non-hydrogen) atoms. The third-order valence-corrected chi connectivity index (χ3v) is 3.05. The summed E-state index contributed by atoms with van der Waals surface area (Å²) in [5.74, 6) is 6.40. The first kappa shape index (κ1) is 11.9. The molecule has 0 spiro atoms. The highest BCUT2D eigenvalue weighted by Gasteiger charge is 2.29. The lowest BCUT2D eigenvalue weighted by Gasteiger charge is -2.13. The standard InChI is InChI=1S/C12H18N4O/c1-7-5-10(6-11(14-7)16-13)12(17)15-8(2)9-3-4-9/h5-6,8-9H,3-4,13H2,1-2H3,(H,14,16)(H,15,17). The van der Waals surface area contributed by atoms with Gasteiger partial charge in [0.25, 0.3) is 5.91 Å². The molecule has 1 saturated carbocycles. The summed E-state index contributed by atoms with van der Waals surface area (Å²) in [7, 11) is 0. The van der Waals surface area contributed by atoms with Gasteiger partial charge < -0.3 is 10.7 Å². The van der Waals surface area contributed by atoms with Crippen LogP contribution in [0.2, 0.25) is 0 Å². The predicted molar refractivity (Wildman–Crippen MR) is 66.4 cm³/mol. The Morgan fingerprint density at radius 2 is 2.24 bits per heavy atom. The van der Waals surface area contributed by atoms with Gasteiger partial charge in [-0.25, -0.2) is 10.8 Å². The molecule has 1 aromatic rings. The van der Waals surface area contributed by atoms with E-state index in [0.29, 0.717) is 17.3 Å². The first-order valence-corrected chi connectivity index (χ1v) is 5.86. The second-order valence-electron chi connectivity index (χ2n) is 4.63. The van der Waals surface area contributed by atoms with E-state index in [2.05, 4.69) is 15.7 Å². The second-order valence-corrected chi connectivity index (χ2v) is 4.63. The Balaban J connectivity index is 2.09. The fraction of sp³-hybridized carbons (Fsp3) is 0.500. The van der Waals surface area contributed by atoms with Crippen LogP contribution in [0, 0.1) is 12.8 Å². The van der Waals surface area contributed by atoms with Crippen LogP contribution in [0.25, 0.3) is 0 Å². The molecule has 5 nitrogen and oxygen atoms in total. The zero-order valence-electron chi connectivity index (χ0n) is 10.2. The van der Waals surface area contributed by atoms with Crippen molar-refractivity contribution in [2.24, 2.45) is 11.8 Å². The summed E-state index contributed by atoms with van der Waals surface area (Å²) >= 11 is 0. The number of nitrogens with zero attached hydrogens (tertiary/aromatic N) is 1. The number of nitrogens with two attached hydrogens (primary N) is 1. The third kappa shape index (κ3) is 2.94. The van der Waals surface area contributed by atoms with Gasteiger partial charge in [0.2, 0.25) is 0 Å². The van der Waals surface area contributed by atoms with Gasteiger partial charge in [-0.3, -0.25) is 4.79 Å². The van der Waals surface area contributed by atoms with E-state index in [1.165, 1.54) is 12.8 Å². The maximum Gasteiger partial charge on any atom is 0.251 e. The Morgan fingerprint density at radius 1 is 1.53 bits per heavy atom. The van der Waals surface area contributed by atoms with Gasteiger partial charge in [-0.1, -0.05) is 0 Å². The topological polar surface area (TPSA) is 80.0 Å². The molecular weight excluding hydrogens is 216 g/mol. The zero-order chi connectivity index (χ0) is 12.4. The molecule has 1 aliphatic carbocycles. The number of rotatable bonds is 4. The summed E-state index contributed by atoms with van der Waals surface area (Å²) in [5, 5.41) is 3.00. The highest BCUT2D eigenvalue weighted by Crippen LogP contribution is 2.32. The number of aromatic nitrogens is 1. The molecule has 1 atom stereocenters. The molecule has 4 N–H and O–H groups in total. The van der Waals surface area contributed by atoms with E-state index < -0.39 is 0 Å². The van der Waals surface area contributed by atoms with Crippen molar-refractivity contribution in [1.29, 1.82) is 0 Å². The van der Waals surface area contributed by atoms with Crippen LogP contribution in [0.3, 0.4) is 0 Å². The van der Waals surface area contributed by atoms with Crippen molar-refractivity contribution < 1.29 is 4.79 Å². The molecule has 0 radical (unpaired) electrons. The fourth-order valence-corrected chi connectivity index (χ4v) is 1.88. The Bertz CT molecular complexity index is 429. The summed E-state index contributed by atoms with van der Waals surface area (Å²) in [6.45, 7) is 3.88. The number of pyridine rings is 1. The van der Waals surface area contributed by atoms with Gasteiger partial charge in [0, 0.05) is 17.3 Å². The average Bonchev–Trinajstić information content (AvgIpc) is 3.11. The molecule has 1 amide bonds. The monoisotopic (exact) mass is 234 g/mol. The molecule has 1 fully saturated rings. The van der Waals surface area contributed by atoms with Crippen LogP contribution in [0.5, 0.6) is 0 Å². The van der Waals surface area contributed by atoms with E-state index in [1.807, 2.05) is 13.8 Å². The Labute approximate surface area is 101 Å². The normalized spacial score (nSPS) is 16.4. The molecule has 92 valence electrons. The summed E-state index contributed by atoms with van der Waals surface area (Å²) in [4.78, 5) is 16.1. The SMILES string of the molecule is Cc1cc(C(=O)NC(C)C2CC2)cc(NN)n1. The molecule has 0 aromatic carbocycles. The van der Waals surface area contributed by atoms with E-state index in [1.54, 1.807) is 12.1 Å². The number of carbonyl (C=O) groups excluding carboxylic acids is 1. The number of nitrogens with one attached hydrogen (secondary N) is 2. The molecule has 1 heterocycles. The van der Waals surface area contributed by atoms with Crippen molar-refractivity contribution in [2.45, 2.75) is 32.7 Å². The first-order chi connectivity index (χ1) is 8.10. The molecule has 0 aliphatic heterocycles. The smallest absolute Gasteiger partial charge is 0.251 e. The highest BCUT2D eigenvalue weighted by atomic mass is 16.1. The van der Waals surface area contributed by atoms with E-state index >= 15 is 0 Å². The largest absolute Gasteiger partial charge is 0.349 e. The second kappa shape index (κ2) is 4.71. The molecule has 5 heteroatoms. The van der Waals surface area contributed by atoms with Crippen LogP contribution < -0.4 is 16.6 Å². The van der Waals surface area contributed by atoms with Gasteiger partial charge >= 0.3 is 0 Å². The molecular formula is C12H18N4O. The van der Waals surface area contributed by atoms with Crippen molar-refractivity contribution in [2.75, 3.05) is 5.43 Å². The number of carbonyl (C=O) groups is 1. The van der Waals surface area contributed by atoms with Crippen molar-refractivity contribution in [1.82, 2.24) is 10.3 Å². The van der Waals surface area contributed by atoms with E-state index in [-0.39, 0.29) is 11.9 Å². The van der Waals surface area contributed by atoms with E-state index in [4.69, 9.17) is 5.84 Å². The molecule has 0 saturated heterocycles. The zero-order valence-corrected chi connectivity index (χ0v) is 10.2. The van der Waals surface area contributed by atoms with Gasteiger partial charge in [-0.15, -0.1) is 0 Å². The van der Waals surface area contributed by atoms with Gasteiger partial charge in [-0.2, -0.15) is 0 Å². The van der Waals surface area contributed by atoms with Crippen LogP contribution in [0.1, 0.15) is 35.8 Å². The van der Waals surface area contributed by atoms with Gasteiger partial charge in [-0.05, 0) is 44.7 Å². The van der Waals surface area contributed by atoms with Gasteiger partial charge in [0.15, 0.2) is 0 Å². The maximum absolute atomic E-state index is 12.0. The molecule has 0 bridgehead atoms. The predicted octanol–water partition coefficient (Wildman–Crippen LogP) is 1.20. The summed E-state index contributed by atoms with van der Waals surface area (Å²) in [6.07, 6.45) is 2.43. The summed E-state index contributed by atoms with van der Waals surface area (Å²) in [6, 6.07) is 3.66. The van der Waals surface area contributed by atoms with Crippen molar-refractivity contribution >= 4 is 11.7 Å². The lowest BCUT2D eigenvalue weighted by molar-refractivity contribution is 0.0935. The lowest BCUT2D eigenvalue weighted by atomic mass is 10.1. The maximum atomic E-state index is 12.0. The number of amides is 1. The van der Waals surface area contributed by atoms with E-state index in [0.717, 1.165) is 5.69 Å². The highest BCUT2D eigenvalue weighted by molar-refractivity contribution is 5.95. The van der Waals surface area contributed by atoms with Crippen molar-refractivity contribution in [3.63, 3.8) is 0 Å². The number of hydrazine groups is 1. The Hall–Kier alpha value is -1.62. The van der Waals surface area contributed by atoms with E-state index in [9.17, 15) is 4.79 Å². The average molecular weight is 234 g/mol. The van der Waals surface area contributed by atoms with Gasteiger partial charge in [0.05, 0.1) is 0 Å².